The summed E-state index contributed by atoms with van der Waals surface area (Å²) in [7, 11) is 1.74. The molecule has 4 rings (SSSR count). The lowest BCUT2D eigenvalue weighted by Gasteiger charge is -2.43. The molecular formula is C20H23NO2. The summed E-state index contributed by atoms with van der Waals surface area (Å²) in [5, 5.41) is 3.75. The minimum Gasteiger partial charge on any atom is -0.496 e. The molecular weight excluding hydrogens is 286 g/mol. The molecule has 0 spiro atoms. The van der Waals surface area contributed by atoms with Crippen molar-refractivity contribution >= 4 is 5.69 Å². The molecule has 1 N–H and O–H groups in total. The summed E-state index contributed by atoms with van der Waals surface area (Å²) in [4.78, 5) is 0. The number of fused-ring (bicyclic) bond motifs is 3. The highest BCUT2D eigenvalue weighted by Crippen LogP contribution is 2.50. The van der Waals surface area contributed by atoms with E-state index in [0.717, 1.165) is 18.8 Å². The van der Waals surface area contributed by atoms with E-state index >= 15 is 0 Å². The summed E-state index contributed by atoms with van der Waals surface area (Å²) in [6.07, 6.45) is 2.47. The third-order valence-corrected chi connectivity index (χ3v) is 5.09. The predicted octanol–water partition coefficient (Wildman–Crippen LogP) is 4.64. The van der Waals surface area contributed by atoms with Crippen LogP contribution in [-0.4, -0.2) is 13.7 Å². The highest BCUT2D eigenvalue weighted by Gasteiger charge is 2.40. The molecule has 0 aromatic heterocycles. The van der Waals surface area contributed by atoms with Gasteiger partial charge in [-0.15, -0.1) is 0 Å². The molecule has 0 unspecified atom stereocenters. The molecule has 23 heavy (non-hydrogen) atoms. The summed E-state index contributed by atoms with van der Waals surface area (Å²) in [5.74, 6) is 1.39. The monoisotopic (exact) mass is 309 g/mol. The van der Waals surface area contributed by atoms with Crippen molar-refractivity contribution in [3.8, 4) is 5.75 Å². The first-order valence-electron chi connectivity index (χ1n) is 8.39. The van der Waals surface area contributed by atoms with E-state index in [1.54, 1.807) is 7.11 Å². The second kappa shape index (κ2) is 5.89. The number of para-hydroxylation sites is 1. The van der Waals surface area contributed by atoms with Crippen molar-refractivity contribution in [1.82, 2.24) is 0 Å². The van der Waals surface area contributed by atoms with Crippen LogP contribution in [-0.2, 0) is 4.74 Å². The predicted molar refractivity (Wildman–Crippen MR) is 92.0 cm³/mol. The van der Waals surface area contributed by atoms with Crippen molar-refractivity contribution in [1.29, 1.82) is 0 Å². The Morgan fingerprint density at radius 1 is 1.13 bits per heavy atom. The van der Waals surface area contributed by atoms with Crippen LogP contribution >= 0.6 is 0 Å². The number of methoxy groups -OCH3 is 1. The second-order valence-electron chi connectivity index (χ2n) is 6.55. The molecule has 3 nitrogen and oxygen atoms in total. The van der Waals surface area contributed by atoms with Gasteiger partial charge in [-0.2, -0.15) is 0 Å². The van der Waals surface area contributed by atoms with E-state index in [0.29, 0.717) is 5.92 Å². The summed E-state index contributed by atoms with van der Waals surface area (Å²) in [6.45, 7) is 3.00. The lowest BCUT2D eigenvalue weighted by atomic mass is 9.77. The minimum atomic E-state index is 0.176. The van der Waals surface area contributed by atoms with Gasteiger partial charge in [-0.1, -0.05) is 35.9 Å². The lowest BCUT2D eigenvalue weighted by molar-refractivity contribution is -0.0383. The van der Waals surface area contributed by atoms with Crippen LogP contribution < -0.4 is 10.1 Å². The summed E-state index contributed by atoms with van der Waals surface area (Å²) >= 11 is 0. The topological polar surface area (TPSA) is 30.5 Å². The largest absolute Gasteiger partial charge is 0.496 e. The zero-order valence-electron chi connectivity index (χ0n) is 13.7. The fourth-order valence-electron chi connectivity index (χ4n) is 4.02. The zero-order valence-corrected chi connectivity index (χ0v) is 13.7. The van der Waals surface area contributed by atoms with Gasteiger partial charge >= 0.3 is 0 Å². The number of nitrogens with one attached hydrogen (secondary N) is 1. The van der Waals surface area contributed by atoms with E-state index in [2.05, 4.69) is 42.6 Å². The Kier molecular flexibility index (Phi) is 3.74. The summed E-state index contributed by atoms with van der Waals surface area (Å²) in [6, 6.07) is 15.2. The molecule has 2 aromatic carbocycles. The number of rotatable bonds is 2. The van der Waals surface area contributed by atoms with E-state index in [-0.39, 0.29) is 12.1 Å². The SMILES string of the molecule is COc1ccccc1[C@@H]1Nc2ccc(C)cc2[C@H]2OCCC[C@H]21. The molecule has 0 saturated carbocycles. The van der Waals surface area contributed by atoms with Crippen LogP contribution in [0.1, 0.15) is 41.7 Å². The van der Waals surface area contributed by atoms with Crippen molar-refractivity contribution < 1.29 is 9.47 Å². The van der Waals surface area contributed by atoms with Crippen molar-refractivity contribution in [2.24, 2.45) is 5.92 Å². The number of aryl methyl sites for hydroxylation is 1. The minimum absolute atomic E-state index is 0.176. The maximum Gasteiger partial charge on any atom is 0.124 e. The van der Waals surface area contributed by atoms with Crippen molar-refractivity contribution in [3.63, 3.8) is 0 Å². The third kappa shape index (κ3) is 2.49. The fraction of sp³-hybridized carbons (Fsp3) is 0.400. The Labute approximate surface area is 137 Å². The van der Waals surface area contributed by atoms with Gasteiger partial charge in [0, 0.05) is 29.3 Å². The molecule has 2 aliphatic heterocycles. The molecule has 0 bridgehead atoms. The van der Waals surface area contributed by atoms with Crippen molar-refractivity contribution in [2.45, 2.75) is 31.9 Å². The molecule has 3 heteroatoms. The average Bonchev–Trinajstić information content (AvgIpc) is 2.61. The maximum atomic E-state index is 6.21. The van der Waals surface area contributed by atoms with Gasteiger partial charge in [-0.25, -0.2) is 0 Å². The highest BCUT2D eigenvalue weighted by molar-refractivity contribution is 5.59. The molecule has 0 aliphatic carbocycles. The van der Waals surface area contributed by atoms with Crippen LogP contribution in [0.2, 0.25) is 0 Å². The van der Waals surface area contributed by atoms with Gasteiger partial charge in [0.15, 0.2) is 0 Å². The Morgan fingerprint density at radius 3 is 2.87 bits per heavy atom. The molecule has 3 atom stereocenters. The molecule has 2 heterocycles. The molecule has 0 amide bonds. The van der Waals surface area contributed by atoms with Crippen LogP contribution in [0, 0.1) is 12.8 Å². The van der Waals surface area contributed by atoms with Gasteiger partial charge in [-0.3, -0.25) is 0 Å². The Morgan fingerprint density at radius 2 is 2.00 bits per heavy atom. The Bertz CT molecular complexity index is 713. The van der Waals surface area contributed by atoms with Gasteiger partial charge in [0.05, 0.1) is 19.3 Å². The Balaban J connectivity index is 1.80. The molecule has 2 aliphatic rings. The standard InChI is InChI=1S/C20H23NO2/c1-13-9-10-17-16(12-13)20-15(7-5-11-23-20)19(21-17)14-6-3-4-8-18(14)22-2/h3-4,6,8-10,12,15,19-21H,5,7,11H2,1-2H3/t15-,19-,20-/m0/s1. The summed E-state index contributed by atoms with van der Waals surface area (Å²) in [5.41, 5.74) is 5.01. The van der Waals surface area contributed by atoms with E-state index < -0.39 is 0 Å². The highest BCUT2D eigenvalue weighted by atomic mass is 16.5. The number of ether oxygens (including phenoxy) is 2. The Hall–Kier alpha value is -2.00. The molecule has 0 radical (unpaired) electrons. The molecule has 1 saturated heterocycles. The number of hydrogen-bond donors (Lipinski definition) is 1. The van der Waals surface area contributed by atoms with Crippen LogP contribution in [0.25, 0.3) is 0 Å². The van der Waals surface area contributed by atoms with Crippen LogP contribution in [0.5, 0.6) is 5.75 Å². The van der Waals surface area contributed by atoms with Gasteiger partial charge in [0.25, 0.3) is 0 Å². The number of benzene rings is 2. The normalized spacial score (nSPS) is 25.9. The van der Waals surface area contributed by atoms with Gasteiger partial charge in [0.1, 0.15) is 5.75 Å². The van der Waals surface area contributed by atoms with Gasteiger partial charge in [0.2, 0.25) is 0 Å². The number of hydrogen-bond acceptors (Lipinski definition) is 3. The van der Waals surface area contributed by atoms with Gasteiger partial charge < -0.3 is 14.8 Å². The van der Waals surface area contributed by atoms with Gasteiger partial charge in [-0.05, 0) is 31.9 Å². The quantitative estimate of drug-likeness (QED) is 0.876. The third-order valence-electron chi connectivity index (χ3n) is 5.09. The molecule has 120 valence electrons. The zero-order chi connectivity index (χ0) is 15.8. The van der Waals surface area contributed by atoms with Crippen LogP contribution in [0.15, 0.2) is 42.5 Å². The fourth-order valence-corrected chi connectivity index (χ4v) is 4.02. The lowest BCUT2D eigenvalue weighted by Crippen LogP contribution is -2.36. The summed E-state index contributed by atoms with van der Waals surface area (Å²) < 4.78 is 11.8. The first-order chi connectivity index (χ1) is 11.3. The first kappa shape index (κ1) is 14.6. The average molecular weight is 309 g/mol. The van der Waals surface area contributed by atoms with Crippen molar-refractivity contribution in [2.75, 3.05) is 19.0 Å². The van der Waals surface area contributed by atoms with Crippen molar-refractivity contribution in [3.05, 3.63) is 59.2 Å². The van der Waals surface area contributed by atoms with Crippen LogP contribution in [0.3, 0.4) is 0 Å². The molecule has 2 aromatic rings. The van der Waals surface area contributed by atoms with E-state index in [1.165, 1.54) is 28.8 Å². The van der Waals surface area contributed by atoms with E-state index in [9.17, 15) is 0 Å². The maximum absolute atomic E-state index is 6.21. The van der Waals surface area contributed by atoms with E-state index in [1.807, 2.05) is 12.1 Å². The van der Waals surface area contributed by atoms with E-state index in [4.69, 9.17) is 9.47 Å². The number of anilines is 1. The smallest absolute Gasteiger partial charge is 0.124 e. The van der Waals surface area contributed by atoms with Crippen LogP contribution in [0.4, 0.5) is 5.69 Å². The second-order valence-corrected chi connectivity index (χ2v) is 6.55. The molecule has 1 fully saturated rings. The first-order valence-corrected chi connectivity index (χ1v) is 8.39.